The van der Waals surface area contributed by atoms with E-state index >= 15 is 0 Å². The van der Waals surface area contributed by atoms with E-state index in [1.165, 1.54) is 23.3 Å². The highest BCUT2D eigenvalue weighted by Gasteiger charge is 2.16. The molecule has 2 rings (SSSR count). The van der Waals surface area contributed by atoms with Gasteiger partial charge in [-0.15, -0.1) is 11.3 Å². The van der Waals surface area contributed by atoms with Crippen molar-refractivity contribution in [3.05, 3.63) is 52.2 Å². The molecule has 25 heavy (non-hydrogen) atoms. The minimum absolute atomic E-state index is 0.291. The molecule has 0 bridgehead atoms. The zero-order valence-electron chi connectivity index (χ0n) is 14.7. The van der Waals surface area contributed by atoms with Gasteiger partial charge in [-0.3, -0.25) is 4.99 Å². The number of benzene rings is 1. The summed E-state index contributed by atoms with van der Waals surface area (Å²) in [5.74, 6) is 0.724. The Morgan fingerprint density at radius 1 is 1.16 bits per heavy atom. The van der Waals surface area contributed by atoms with E-state index in [0.717, 1.165) is 24.5 Å². The Hall–Kier alpha value is -1.90. The fraction of sp³-hybridized carbons (Fsp3) is 0.353. The fourth-order valence-electron chi connectivity index (χ4n) is 2.16. The molecule has 0 fully saturated rings. The Morgan fingerprint density at radius 3 is 2.44 bits per heavy atom. The minimum atomic E-state index is -3.39. The first-order valence-electron chi connectivity index (χ1n) is 7.92. The van der Waals surface area contributed by atoms with Gasteiger partial charge in [-0.05, 0) is 35.6 Å². The Kier molecular flexibility index (Phi) is 6.98. The molecule has 1 aromatic carbocycles. The molecule has 136 valence electrons. The number of guanidine groups is 1. The molecule has 0 amide bonds. The van der Waals surface area contributed by atoms with Gasteiger partial charge in [-0.1, -0.05) is 18.2 Å². The molecule has 6 nitrogen and oxygen atoms in total. The SMILES string of the molecule is CN=C(NCCc1cccs1)NCc1ccc(S(=O)(=O)N(C)C)cc1. The Bertz CT molecular complexity index is 783. The van der Waals surface area contributed by atoms with Crippen LogP contribution in [0.3, 0.4) is 0 Å². The van der Waals surface area contributed by atoms with Gasteiger partial charge in [0.1, 0.15) is 0 Å². The third-order valence-corrected chi connectivity index (χ3v) is 6.39. The van der Waals surface area contributed by atoms with Crippen LogP contribution in [0.15, 0.2) is 51.7 Å². The number of sulfonamides is 1. The molecule has 2 aromatic rings. The van der Waals surface area contributed by atoms with Gasteiger partial charge in [-0.25, -0.2) is 12.7 Å². The highest BCUT2D eigenvalue weighted by atomic mass is 32.2. The molecular weight excluding hydrogens is 356 g/mol. The summed E-state index contributed by atoms with van der Waals surface area (Å²) in [5.41, 5.74) is 0.985. The summed E-state index contributed by atoms with van der Waals surface area (Å²) in [6.07, 6.45) is 0.954. The number of hydrogen-bond donors (Lipinski definition) is 2. The standard InChI is InChI=1S/C17H24N4O2S2/c1-18-17(19-11-10-15-5-4-12-24-15)20-13-14-6-8-16(9-7-14)25(22,23)21(2)3/h4-9,12H,10-11,13H2,1-3H3,(H2,18,19,20). The van der Waals surface area contributed by atoms with Crippen molar-refractivity contribution in [1.29, 1.82) is 0 Å². The summed E-state index contributed by atoms with van der Waals surface area (Å²) >= 11 is 1.74. The average Bonchev–Trinajstić information content (AvgIpc) is 3.11. The van der Waals surface area contributed by atoms with Crippen LogP contribution in [0.4, 0.5) is 0 Å². The van der Waals surface area contributed by atoms with Crippen LogP contribution in [-0.4, -0.2) is 46.4 Å². The van der Waals surface area contributed by atoms with E-state index in [0.29, 0.717) is 11.4 Å². The van der Waals surface area contributed by atoms with Crippen LogP contribution >= 0.6 is 11.3 Å². The summed E-state index contributed by atoms with van der Waals surface area (Å²) in [6.45, 7) is 1.38. The third kappa shape index (κ3) is 5.55. The molecule has 0 aliphatic carbocycles. The molecule has 1 aromatic heterocycles. The van der Waals surface area contributed by atoms with Gasteiger partial charge in [0.2, 0.25) is 10.0 Å². The lowest BCUT2D eigenvalue weighted by Crippen LogP contribution is -2.37. The topological polar surface area (TPSA) is 73.8 Å². The molecule has 1 heterocycles. The summed E-state index contributed by atoms with van der Waals surface area (Å²) in [6, 6.07) is 11.0. The second-order valence-corrected chi connectivity index (χ2v) is 8.80. The lowest BCUT2D eigenvalue weighted by atomic mass is 10.2. The summed E-state index contributed by atoms with van der Waals surface area (Å²) in [7, 11) is 1.39. The second-order valence-electron chi connectivity index (χ2n) is 5.61. The maximum atomic E-state index is 12.1. The molecule has 8 heteroatoms. The van der Waals surface area contributed by atoms with Crippen molar-refractivity contribution in [3.8, 4) is 0 Å². The van der Waals surface area contributed by atoms with Gasteiger partial charge < -0.3 is 10.6 Å². The normalized spacial score (nSPS) is 12.4. The Balaban J connectivity index is 1.85. The van der Waals surface area contributed by atoms with Crippen molar-refractivity contribution in [3.63, 3.8) is 0 Å². The van der Waals surface area contributed by atoms with E-state index in [1.54, 1.807) is 30.5 Å². The number of hydrogen-bond acceptors (Lipinski definition) is 4. The first-order valence-corrected chi connectivity index (χ1v) is 10.2. The molecule has 0 atom stereocenters. The Labute approximate surface area is 153 Å². The van der Waals surface area contributed by atoms with Crippen molar-refractivity contribution in [1.82, 2.24) is 14.9 Å². The van der Waals surface area contributed by atoms with Crippen molar-refractivity contribution < 1.29 is 8.42 Å². The largest absolute Gasteiger partial charge is 0.356 e. The van der Waals surface area contributed by atoms with Crippen molar-refractivity contribution >= 4 is 27.3 Å². The number of thiophene rings is 1. The second kappa shape index (κ2) is 8.98. The molecule has 0 aliphatic heterocycles. The van der Waals surface area contributed by atoms with Gasteiger partial charge in [0.05, 0.1) is 4.90 Å². The van der Waals surface area contributed by atoms with Crippen molar-refractivity contribution in [2.45, 2.75) is 17.9 Å². The molecule has 0 unspecified atom stereocenters. The predicted molar refractivity (Wildman–Crippen MR) is 104 cm³/mol. The number of rotatable bonds is 7. The molecule has 0 saturated heterocycles. The predicted octanol–water partition coefficient (Wildman–Crippen LogP) is 1.91. The fourth-order valence-corrected chi connectivity index (χ4v) is 3.77. The van der Waals surface area contributed by atoms with Crippen LogP contribution in [0.2, 0.25) is 0 Å². The number of nitrogens with zero attached hydrogens (tertiary/aromatic N) is 2. The van der Waals surface area contributed by atoms with Gasteiger partial charge in [0, 0.05) is 39.1 Å². The van der Waals surface area contributed by atoms with Gasteiger partial charge in [0.25, 0.3) is 0 Å². The first-order chi connectivity index (χ1) is 11.9. The average molecular weight is 381 g/mol. The van der Waals surface area contributed by atoms with E-state index in [9.17, 15) is 8.42 Å². The van der Waals surface area contributed by atoms with E-state index in [-0.39, 0.29) is 0 Å². The molecular formula is C17H24N4O2S2. The van der Waals surface area contributed by atoms with Crippen LogP contribution in [0.5, 0.6) is 0 Å². The van der Waals surface area contributed by atoms with Crippen molar-refractivity contribution in [2.24, 2.45) is 4.99 Å². The lowest BCUT2D eigenvalue weighted by molar-refractivity contribution is 0.520. The summed E-state index contributed by atoms with van der Waals surface area (Å²) in [4.78, 5) is 5.82. The highest BCUT2D eigenvalue weighted by molar-refractivity contribution is 7.89. The van der Waals surface area contributed by atoms with Crippen LogP contribution in [0.25, 0.3) is 0 Å². The highest BCUT2D eigenvalue weighted by Crippen LogP contribution is 2.14. The molecule has 0 saturated carbocycles. The molecule has 0 radical (unpaired) electrons. The van der Waals surface area contributed by atoms with Crippen LogP contribution in [-0.2, 0) is 23.0 Å². The zero-order valence-corrected chi connectivity index (χ0v) is 16.3. The van der Waals surface area contributed by atoms with Crippen LogP contribution < -0.4 is 10.6 Å². The van der Waals surface area contributed by atoms with Crippen LogP contribution in [0.1, 0.15) is 10.4 Å². The van der Waals surface area contributed by atoms with E-state index in [4.69, 9.17) is 0 Å². The zero-order chi connectivity index (χ0) is 18.3. The minimum Gasteiger partial charge on any atom is -0.356 e. The molecule has 0 aliphatic rings. The van der Waals surface area contributed by atoms with Crippen LogP contribution in [0, 0.1) is 0 Å². The van der Waals surface area contributed by atoms with E-state index in [2.05, 4.69) is 27.1 Å². The van der Waals surface area contributed by atoms with E-state index < -0.39 is 10.0 Å². The van der Waals surface area contributed by atoms with E-state index in [1.807, 2.05) is 18.2 Å². The number of nitrogens with one attached hydrogen (secondary N) is 2. The maximum absolute atomic E-state index is 12.1. The third-order valence-electron chi connectivity index (χ3n) is 3.63. The quantitative estimate of drug-likeness (QED) is 0.568. The lowest BCUT2D eigenvalue weighted by Gasteiger charge is -2.13. The van der Waals surface area contributed by atoms with Gasteiger partial charge in [-0.2, -0.15) is 0 Å². The maximum Gasteiger partial charge on any atom is 0.242 e. The smallest absolute Gasteiger partial charge is 0.242 e. The number of aliphatic imine (C=N–C) groups is 1. The van der Waals surface area contributed by atoms with Gasteiger partial charge in [0.15, 0.2) is 5.96 Å². The summed E-state index contributed by atoms with van der Waals surface area (Å²) in [5, 5.41) is 8.57. The van der Waals surface area contributed by atoms with Gasteiger partial charge >= 0.3 is 0 Å². The monoisotopic (exact) mass is 380 g/mol. The molecule has 0 spiro atoms. The Morgan fingerprint density at radius 2 is 1.88 bits per heavy atom. The van der Waals surface area contributed by atoms with Crippen molar-refractivity contribution in [2.75, 3.05) is 27.7 Å². The molecule has 2 N–H and O–H groups in total. The summed E-state index contributed by atoms with van der Waals surface area (Å²) < 4.78 is 25.3. The first kappa shape index (κ1) is 19.4.